The molecule has 0 aromatic carbocycles. The van der Waals surface area contributed by atoms with Crippen LogP contribution in [0, 0.1) is 6.92 Å². The van der Waals surface area contributed by atoms with Crippen LogP contribution in [0.5, 0.6) is 5.88 Å². The van der Waals surface area contributed by atoms with Crippen molar-refractivity contribution in [1.29, 1.82) is 0 Å². The zero-order valence-corrected chi connectivity index (χ0v) is 9.52. The molecule has 8 heteroatoms. The van der Waals surface area contributed by atoms with E-state index in [9.17, 15) is 8.42 Å². The number of sulfonamides is 1. The highest BCUT2D eigenvalue weighted by molar-refractivity contribution is 7.89. The fraction of sp³-hybridized carbons (Fsp3) is 0.250. The van der Waals surface area contributed by atoms with Gasteiger partial charge >= 0.3 is 0 Å². The summed E-state index contributed by atoms with van der Waals surface area (Å²) in [5.74, 6) is 0.287. The SMILES string of the molecule is COc1ccc2nc(C)c(S(N)(=O)=O)n2n1. The minimum absolute atomic E-state index is 0.124. The second-order valence-corrected chi connectivity index (χ2v) is 4.67. The summed E-state index contributed by atoms with van der Waals surface area (Å²) >= 11 is 0. The Balaban J connectivity index is 2.87. The molecular formula is C8H10N4O3S. The van der Waals surface area contributed by atoms with Gasteiger partial charge in [-0.05, 0) is 13.0 Å². The van der Waals surface area contributed by atoms with Crippen LogP contribution in [-0.4, -0.2) is 30.1 Å². The average Bonchev–Trinajstić information content (AvgIpc) is 2.51. The molecule has 0 bridgehead atoms. The van der Waals surface area contributed by atoms with E-state index in [0.29, 0.717) is 11.3 Å². The van der Waals surface area contributed by atoms with Gasteiger partial charge in [0, 0.05) is 6.07 Å². The Morgan fingerprint density at radius 1 is 1.44 bits per heavy atom. The molecule has 0 aliphatic carbocycles. The van der Waals surface area contributed by atoms with Crippen LogP contribution in [0.2, 0.25) is 0 Å². The van der Waals surface area contributed by atoms with Crippen molar-refractivity contribution in [3.63, 3.8) is 0 Å². The number of fused-ring (bicyclic) bond motifs is 1. The first-order chi connectivity index (χ1) is 7.43. The van der Waals surface area contributed by atoms with Crippen molar-refractivity contribution in [2.24, 2.45) is 5.14 Å². The third kappa shape index (κ3) is 1.61. The summed E-state index contributed by atoms with van der Waals surface area (Å²) in [6.07, 6.45) is 0. The van der Waals surface area contributed by atoms with Crippen molar-refractivity contribution in [2.75, 3.05) is 7.11 Å². The largest absolute Gasteiger partial charge is 0.480 e. The minimum atomic E-state index is -3.86. The maximum Gasteiger partial charge on any atom is 0.257 e. The zero-order chi connectivity index (χ0) is 11.9. The van der Waals surface area contributed by atoms with Crippen molar-refractivity contribution in [2.45, 2.75) is 11.9 Å². The molecule has 0 unspecified atom stereocenters. The maximum absolute atomic E-state index is 11.4. The van der Waals surface area contributed by atoms with Gasteiger partial charge in [-0.15, -0.1) is 5.10 Å². The molecule has 7 nitrogen and oxygen atoms in total. The number of hydrogen-bond acceptors (Lipinski definition) is 5. The molecule has 0 atom stereocenters. The quantitative estimate of drug-likeness (QED) is 0.778. The Morgan fingerprint density at radius 3 is 2.69 bits per heavy atom. The predicted octanol–water partition coefficient (Wildman–Crippen LogP) is -0.306. The zero-order valence-electron chi connectivity index (χ0n) is 8.71. The van der Waals surface area contributed by atoms with E-state index < -0.39 is 10.0 Å². The first-order valence-electron chi connectivity index (χ1n) is 4.36. The van der Waals surface area contributed by atoms with Crippen molar-refractivity contribution in [3.05, 3.63) is 17.8 Å². The summed E-state index contributed by atoms with van der Waals surface area (Å²) in [7, 11) is -2.42. The molecule has 2 N–H and O–H groups in total. The molecule has 16 heavy (non-hydrogen) atoms. The highest BCUT2D eigenvalue weighted by atomic mass is 32.2. The fourth-order valence-electron chi connectivity index (χ4n) is 1.44. The molecule has 2 aromatic heterocycles. The van der Waals surface area contributed by atoms with Gasteiger partial charge in [0.05, 0.1) is 12.8 Å². The molecule has 0 spiro atoms. The summed E-state index contributed by atoms with van der Waals surface area (Å²) in [6.45, 7) is 1.56. The van der Waals surface area contributed by atoms with Gasteiger partial charge < -0.3 is 4.74 Å². The van der Waals surface area contributed by atoms with Gasteiger partial charge in [0.2, 0.25) is 5.88 Å². The van der Waals surface area contributed by atoms with Crippen molar-refractivity contribution in [3.8, 4) is 5.88 Å². The highest BCUT2D eigenvalue weighted by Crippen LogP contribution is 2.16. The van der Waals surface area contributed by atoms with Crippen molar-refractivity contribution < 1.29 is 13.2 Å². The number of nitrogens with zero attached hydrogens (tertiary/aromatic N) is 3. The molecule has 0 saturated heterocycles. The first kappa shape index (κ1) is 10.8. The van der Waals surface area contributed by atoms with Crippen molar-refractivity contribution >= 4 is 15.7 Å². The van der Waals surface area contributed by atoms with Crippen LogP contribution in [0.1, 0.15) is 5.69 Å². The van der Waals surface area contributed by atoms with Gasteiger partial charge in [0.15, 0.2) is 10.7 Å². The Morgan fingerprint density at radius 2 is 2.12 bits per heavy atom. The molecule has 0 fully saturated rings. The summed E-state index contributed by atoms with van der Waals surface area (Å²) in [5.41, 5.74) is 0.713. The summed E-state index contributed by atoms with van der Waals surface area (Å²) in [5, 5.41) is 8.92. The molecule has 0 aliphatic heterocycles. The molecule has 2 heterocycles. The monoisotopic (exact) mass is 242 g/mol. The Kier molecular flexibility index (Phi) is 2.32. The molecule has 2 rings (SSSR count). The molecule has 2 aromatic rings. The number of ether oxygens (including phenoxy) is 1. The normalized spacial score (nSPS) is 11.9. The van der Waals surface area contributed by atoms with Gasteiger partial charge in [-0.25, -0.2) is 18.5 Å². The smallest absolute Gasteiger partial charge is 0.257 e. The lowest BCUT2D eigenvalue weighted by Crippen LogP contribution is -2.16. The Labute approximate surface area is 91.9 Å². The van der Waals surface area contributed by atoms with E-state index in [0.717, 1.165) is 4.52 Å². The van der Waals surface area contributed by atoms with Gasteiger partial charge in [0.1, 0.15) is 0 Å². The van der Waals surface area contributed by atoms with Gasteiger partial charge in [-0.1, -0.05) is 0 Å². The highest BCUT2D eigenvalue weighted by Gasteiger charge is 2.20. The molecule has 0 saturated carbocycles. The lowest BCUT2D eigenvalue weighted by Gasteiger charge is -2.01. The Bertz CT molecular complexity index is 647. The number of rotatable bonds is 2. The minimum Gasteiger partial charge on any atom is -0.480 e. The molecule has 0 aliphatic rings. The molecular weight excluding hydrogens is 232 g/mol. The van der Waals surface area contributed by atoms with Crippen LogP contribution >= 0.6 is 0 Å². The number of hydrogen-bond donors (Lipinski definition) is 1. The van der Waals surface area contributed by atoms with Crippen LogP contribution in [-0.2, 0) is 10.0 Å². The molecule has 86 valence electrons. The first-order valence-corrected chi connectivity index (χ1v) is 5.91. The third-order valence-corrected chi connectivity index (χ3v) is 3.06. The predicted molar refractivity (Wildman–Crippen MR) is 55.6 cm³/mol. The van der Waals surface area contributed by atoms with Crippen LogP contribution < -0.4 is 9.88 Å². The van der Waals surface area contributed by atoms with Crippen LogP contribution in [0.25, 0.3) is 5.65 Å². The number of nitrogens with two attached hydrogens (primary N) is 1. The van der Waals surface area contributed by atoms with Gasteiger partial charge in [-0.3, -0.25) is 0 Å². The number of methoxy groups -OCH3 is 1. The summed E-state index contributed by atoms with van der Waals surface area (Å²) in [6, 6.07) is 3.20. The van der Waals surface area contributed by atoms with Crippen LogP contribution in [0.4, 0.5) is 0 Å². The molecule has 0 radical (unpaired) electrons. The third-order valence-electron chi connectivity index (χ3n) is 2.05. The second-order valence-electron chi connectivity index (χ2n) is 3.19. The van der Waals surface area contributed by atoms with Crippen molar-refractivity contribution in [1.82, 2.24) is 14.6 Å². The van der Waals surface area contributed by atoms with Gasteiger partial charge in [-0.2, -0.15) is 4.52 Å². The topological polar surface area (TPSA) is 99.6 Å². The standard InChI is InChI=1S/C8H10N4O3S/c1-5-8(16(9,13)14)12-6(10-5)3-4-7(11-12)15-2/h3-4H,1-2H3,(H2,9,13,14). The van der Waals surface area contributed by atoms with E-state index in [-0.39, 0.29) is 10.9 Å². The summed E-state index contributed by atoms with van der Waals surface area (Å²) in [4.78, 5) is 4.04. The maximum atomic E-state index is 11.4. The average molecular weight is 242 g/mol. The van der Waals surface area contributed by atoms with Gasteiger partial charge in [0.25, 0.3) is 10.0 Å². The number of aryl methyl sites for hydroxylation is 1. The van der Waals surface area contributed by atoms with E-state index in [1.807, 2.05) is 0 Å². The Hall–Kier alpha value is -1.67. The van der Waals surface area contributed by atoms with E-state index in [1.54, 1.807) is 19.1 Å². The van der Waals surface area contributed by atoms with Crippen LogP contribution in [0.3, 0.4) is 0 Å². The lowest BCUT2D eigenvalue weighted by molar-refractivity contribution is 0.388. The second kappa shape index (κ2) is 3.42. The van der Waals surface area contributed by atoms with E-state index in [2.05, 4.69) is 10.1 Å². The summed E-state index contributed by atoms with van der Waals surface area (Å²) < 4.78 is 28.8. The fourth-order valence-corrected chi connectivity index (χ4v) is 2.27. The van der Waals surface area contributed by atoms with Crippen LogP contribution in [0.15, 0.2) is 17.2 Å². The van der Waals surface area contributed by atoms with E-state index in [4.69, 9.17) is 9.88 Å². The number of primary sulfonamides is 1. The lowest BCUT2D eigenvalue weighted by atomic mass is 10.5. The number of aromatic nitrogens is 3. The molecule has 0 amide bonds. The van der Waals surface area contributed by atoms with E-state index >= 15 is 0 Å². The number of imidazole rings is 1. The van der Waals surface area contributed by atoms with E-state index in [1.165, 1.54) is 7.11 Å².